The van der Waals surface area contributed by atoms with Gasteiger partial charge in [0.15, 0.2) is 0 Å². The molecule has 8 heteroatoms. The number of halogens is 1. The number of rotatable bonds is 4. The minimum Gasteiger partial charge on any atom is -0.453 e. The number of aromatic amines is 1. The number of carbonyl (C=O) groups is 1. The Morgan fingerprint density at radius 1 is 1.47 bits per heavy atom. The zero-order valence-electron chi connectivity index (χ0n) is 10.1. The fourth-order valence-corrected chi connectivity index (χ4v) is 1.73. The first-order chi connectivity index (χ1) is 9.01. The minimum absolute atomic E-state index is 0.123. The molecule has 1 aromatic rings. The van der Waals surface area contributed by atoms with Gasteiger partial charge in [0.25, 0.3) is 5.56 Å². The summed E-state index contributed by atoms with van der Waals surface area (Å²) in [6.45, 7) is 0.123. The van der Waals surface area contributed by atoms with Crippen LogP contribution in [-0.4, -0.2) is 28.7 Å². The van der Waals surface area contributed by atoms with Gasteiger partial charge in [-0.1, -0.05) is 0 Å². The molecule has 0 fully saturated rings. The highest BCUT2D eigenvalue weighted by molar-refractivity contribution is 5.90. The second-order valence-corrected chi connectivity index (χ2v) is 3.99. The van der Waals surface area contributed by atoms with Gasteiger partial charge in [0.05, 0.1) is 6.20 Å². The quantitative estimate of drug-likeness (QED) is 0.691. The van der Waals surface area contributed by atoms with Gasteiger partial charge in [-0.25, -0.2) is 9.59 Å². The van der Waals surface area contributed by atoms with E-state index >= 15 is 0 Å². The van der Waals surface area contributed by atoms with Crippen molar-refractivity contribution in [1.29, 1.82) is 0 Å². The largest absolute Gasteiger partial charge is 0.453 e. The van der Waals surface area contributed by atoms with Crippen LogP contribution in [0, 0.1) is 5.82 Å². The van der Waals surface area contributed by atoms with E-state index in [1.807, 2.05) is 4.98 Å². The lowest BCUT2D eigenvalue weighted by Gasteiger charge is -2.09. The van der Waals surface area contributed by atoms with Crippen LogP contribution in [0.2, 0.25) is 0 Å². The maximum absolute atomic E-state index is 13.0. The standard InChI is InChI=1S/C11H12FN3O4/c1-13-8-4-6(19-10(8)17)2-3-15-5-7(12)9(16)14-11(15)18/h4-6,13H,2-3H2,1H3,(H,14,16,18). The molecule has 0 aromatic carbocycles. The molecule has 1 unspecified atom stereocenters. The molecule has 7 nitrogen and oxygen atoms in total. The van der Waals surface area contributed by atoms with Gasteiger partial charge in [0.1, 0.15) is 11.8 Å². The number of nitrogens with one attached hydrogen (secondary N) is 2. The average molecular weight is 269 g/mol. The van der Waals surface area contributed by atoms with E-state index in [9.17, 15) is 18.8 Å². The van der Waals surface area contributed by atoms with Crippen molar-refractivity contribution in [2.24, 2.45) is 0 Å². The Kier molecular flexibility index (Phi) is 3.50. The lowest BCUT2D eigenvalue weighted by Crippen LogP contribution is -2.32. The SMILES string of the molecule is CNC1=CC(CCn2cc(F)c(=O)[nH]c2=O)OC1=O. The molecule has 0 saturated heterocycles. The highest BCUT2D eigenvalue weighted by atomic mass is 19.1. The normalized spacial score (nSPS) is 18.1. The van der Waals surface area contributed by atoms with Crippen LogP contribution in [0.3, 0.4) is 0 Å². The number of hydrogen-bond donors (Lipinski definition) is 2. The number of ether oxygens (including phenoxy) is 1. The Hall–Kier alpha value is -2.38. The number of carbonyl (C=O) groups excluding carboxylic acids is 1. The molecular weight excluding hydrogens is 257 g/mol. The summed E-state index contributed by atoms with van der Waals surface area (Å²) in [7, 11) is 1.59. The first-order valence-corrected chi connectivity index (χ1v) is 5.61. The zero-order valence-corrected chi connectivity index (χ0v) is 10.1. The molecule has 0 aliphatic carbocycles. The summed E-state index contributed by atoms with van der Waals surface area (Å²) in [6.07, 6.45) is 2.26. The molecule has 0 spiro atoms. The zero-order chi connectivity index (χ0) is 14.0. The number of likely N-dealkylation sites (N-methyl/N-ethyl adjacent to an activating group) is 1. The van der Waals surface area contributed by atoms with Gasteiger partial charge in [-0.3, -0.25) is 14.3 Å². The van der Waals surface area contributed by atoms with Crippen molar-refractivity contribution in [2.75, 3.05) is 7.05 Å². The fraction of sp³-hybridized carbons (Fsp3) is 0.364. The first-order valence-electron chi connectivity index (χ1n) is 5.61. The molecule has 102 valence electrons. The number of esters is 1. The third-order valence-electron chi connectivity index (χ3n) is 2.72. The summed E-state index contributed by atoms with van der Waals surface area (Å²) in [4.78, 5) is 35.3. The number of hydrogen-bond acceptors (Lipinski definition) is 5. The van der Waals surface area contributed by atoms with Gasteiger partial charge in [-0.2, -0.15) is 4.39 Å². The van der Waals surface area contributed by atoms with E-state index in [-0.39, 0.29) is 6.54 Å². The van der Waals surface area contributed by atoms with Gasteiger partial charge in [-0.05, 0) is 6.08 Å². The monoisotopic (exact) mass is 269 g/mol. The van der Waals surface area contributed by atoms with Crippen molar-refractivity contribution < 1.29 is 13.9 Å². The second kappa shape index (κ2) is 5.09. The van der Waals surface area contributed by atoms with E-state index in [2.05, 4.69) is 5.32 Å². The minimum atomic E-state index is -1.05. The maximum atomic E-state index is 13.0. The predicted octanol–water partition coefficient (Wildman–Crippen LogP) is -0.906. The molecule has 2 rings (SSSR count). The molecule has 1 aliphatic heterocycles. The van der Waals surface area contributed by atoms with Gasteiger partial charge in [0.2, 0.25) is 5.82 Å². The van der Waals surface area contributed by atoms with Crippen LogP contribution in [0.1, 0.15) is 6.42 Å². The topological polar surface area (TPSA) is 93.2 Å². The van der Waals surface area contributed by atoms with E-state index in [1.165, 1.54) is 0 Å². The van der Waals surface area contributed by atoms with E-state index in [1.54, 1.807) is 13.1 Å². The molecule has 2 N–H and O–H groups in total. The number of H-pyrrole nitrogens is 1. The van der Waals surface area contributed by atoms with E-state index in [4.69, 9.17) is 4.74 Å². The number of cyclic esters (lactones) is 1. The third-order valence-corrected chi connectivity index (χ3v) is 2.72. The molecular formula is C11H12FN3O4. The van der Waals surface area contributed by atoms with Crippen molar-refractivity contribution in [2.45, 2.75) is 19.1 Å². The molecule has 0 saturated carbocycles. The Morgan fingerprint density at radius 3 is 2.84 bits per heavy atom. The smallest absolute Gasteiger partial charge is 0.354 e. The summed E-state index contributed by atoms with van der Waals surface area (Å²) >= 11 is 0. The molecule has 1 atom stereocenters. The van der Waals surface area contributed by atoms with Crippen molar-refractivity contribution in [1.82, 2.24) is 14.9 Å². The summed E-state index contributed by atoms with van der Waals surface area (Å²) < 4.78 is 19.1. The average Bonchev–Trinajstić information content (AvgIpc) is 2.73. The van der Waals surface area contributed by atoms with Gasteiger partial charge in [0, 0.05) is 20.0 Å². The maximum Gasteiger partial charge on any atom is 0.354 e. The molecule has 19 heavy (non-hydrogen) atoms. The number of nitrogens with zero attached hydrogens (tertiary/aromatic N) is 1. The first kappa shape index (κ1) is 13.1. The highest BCUT2D eigenvalue weighted by Crippen LogP contribution is 2.14. The molecule has 2 heterocycles. The lowest BCUT2D eigenvalue weighted by atomic mass is 10.2. The van der Waals surface area contributed by atoms with Crippen LogP contribution < -0.4 is 16.6 Å². The Balaban J connectivity index is 2.07. The van der Waals surface area contributed by atoms with Crippen LogP contribution in [0.4, 0.5) is 4.39 Å². The van der Waals surface area contributed by atoms with Gasteiger partial charge >= 0.3 is 11.7 Å². The second-order valence-electron chi connectivity index (χ2n) is 3.99. The lowest BCUT2D eigenvalue weighted by molar-refractivity contribution is -0.140. The van der Waals surface area contributed by atoms with E-state index in [0.29, 0.717) is 12.1 Å². The number of aryl methyl sites for hydroxylation is 1. The van der Waals surface area contributed by atoms with Crippen LogP contribution in [-0.2, 0) is 16.1 Å². The summed E-state index contributed by atoms with van der Waals surface area (Å²) in [5.41, 5.74) is -1.40. The molecule has 0 bridgehead atoms. The molecule has 1 aromatic heterocycles. The van der Waals surface area contributed by atoms with Crippen molar-refractivity contribution in [3.63, 3.8) is 0 Å². The van der Waals surface area contributed by atoms with E-state index in [0.717, 1.165) is 10.8 Å². The van der Waals surface area contributed by atoms with Crippen molar-refractivity contribution in [3.8, 4) is 0 Å². The summed E-state index contributed by atoms with van der Waals surface area (Å²) in [5.74, 6) is -1.50. The number of aromatic nitrogens is 2. The Bertz CT molecular complexity index is 646. The summed E-state index contributed by atoms with van der Waals surface area (Å²) in [6, 6.07) is 0. The van der Waals surface area contributed by atoms with Gasteiger partial charge < -0.3 is 10.1 Å². The molecule has 1 aliphatic rings. The van der Waals surface area contributed by atoms with Crippen molar-refractivity contribution >= 4 is 5.97 Å². The van der Waals surface area contributed by atoms with Gasteiger partial charge in [-0.15, -0.1) is 0 Å². The van der Waals surface area contributed by atoms with Crippen LogP contribution in [0.25, 0.3) is 0 Å². The predicted molar refractivity (Wildman–Crippen MR) is 62.9 cm³/mol. The highest BCUT2D eigenvalue weighted by Gasteiger charge is 2.24. The Labute approximate surface area is 106 Å². The Morgan fingerprint density at radius 2 is 2.21 bits per heavy atom. The molecule has 0 amide bonds. The van der Waals surface area contributed by atoms with Crippen LogP contribution in [0.15, 0.2) is 27.6 Å². The fourth-order valence-electron chi connectivity index (χ4n) is 1.73. The van der Waals surface area contributed by atoms with Crippen LogP contribution >= 0.6 is 0 Å². The third kappa shape index (κ3) is 2.72. The van der Waals surface area contributed by atoms with Crippen LogP contribution in [0.5, 0.6) is 0 Å². The summed E-state index contributed by atoms with van der Waals surface area (Å²) in [5, 5.41) is 2.68. The van der Waals surface area contributed by atoms with Crippen molar-refractivity contribution in [3.05, 3.63) is 44.6 Å². The van der Waals surface area contributed by atoms with E-state index < -0.39 is 29.1 Å². The molecule has 0 radical (unpaired) electrons.